The molecule has 0 aliphatic rings. The number of nitrogens with zero attached hydrogens (tertiary/aromatic N) is 2. The Bertz CT molecular complexity index is 1240. The molecule has 0 N–H and O–H groups in total. The van der Waals surface area contributed by atoms with E-state index in [0.717, 1.165) is 34.2 Å². The highest BCUT2D eigenvalue weighted by Gasteiger charge is 2.36. The molecule has 0 spiro atoms. The van der Waals surface area contributed by atoms with Gasteiger partial charge in [-0.2, -0.15) is 31.4 Å². The summed E-state index contributed by atoms with van der Waals surface area (Å²) in [6.07, 6.45) is -9.18. The van der Waals surface area contributed by atoms with E-state index in [-0.39, 0.29) is 16.4 Å². The van der Waals surface area contributed by atoms with Crippen LogP contribution in [0.1, 0.15) is 11.3 Å². The summed E-state index contributed by atoms with van der Waals surface area (Å²) < 4.78 is 80.1. The Labute approximate surface area is 181 Å². The second-order valence-electron chi connectivity index (χ2n) is 6.55. The molecule has 0 amide bonds. The lowest BCUT2D eigenvalue weighted by Gasteiger charge is -2.08. The summed E-state index contributed by atoms with van der Waals surface area (Å²) in [6, 6.07) is 13.5. The molecule has 2 nitrogen and oxygen atoms in total. The van der Waals surface area contributed by atoms with Crippen LogP contribution in [0.15, 0.2) is 66.0 Å². The Morgan fingerprint density at radius 1 is 0.806 bits per heavy atom. The normalized spacial score (nSPS) is 12.4. The van der Waals surface area contributed by atoms with E-state index in [1.165, 1.54) is 30.3 Å². The predicted octanol–water partition coefficient (Wildman–Crippen LogP) is 7.96. The first kappa shape index (κ1) is 21.5. The maximum atomic E-state index is 13.3. The number of hydrogen-bond donors (Lipinski definition) is 0. The number of halogens is 7. The first-order chi connectivity index (χ1) is 14.5. The molecule has 2 heterocycles. The highest BCUT2D eigenvalue weighted by Crippen LogP contribution is 2.39. The largest absolute Gasteiger partial charge is 0.435 e. The van der Waals surface area contributed by atoms with Crippen molar-refractivity contribution in [2.24, 2.45) is 0 Å². The molecule has 0 saturated carbocycles. The zero-order chi connectivity index (χ0) is 22.4. The second kappa shape index (κ2) is 7.72. The van der Waals surface area contributed by atoms with E-state index in [4.69, 9.17) is 11.6 Å². The average molecular weight is 473 g/mol. The molecule has 4 rings (SSSR count). The maximum Gasteiger partial charge on any atom is 0.435 e. The molecule has 0 atom stereocenters. The summed E-state index contributed by atoms with van der Waals surface area (Å²) in [5.74, 6) is 0. The number of thiophene rings is 1. The first-order valence-electron chi connectivity index (χ1n) is 8.73. The lowest BCUT2D eigenvalue weighted by Crippen LogP contribution is -2.07. The molecule has 31 heavy (non-hydrogen) atoms. The van der Waals surface area contributed by atoms with Crippen LogP contribution in [0.3, 0.4) is 0 Å². The van der Waals surface area contributed by atoms with Crippen LogP contribution in [0.4, 0.5) is 26.3 Å². The lowest BCUT2D eigenvalue weighted by molar-refractivity contribution is -0.141. The van der Waals surface area contributed by atoms with Crippen LogP contribution in [-0.4, -0.2) is 9.78 Å². The van der Waals surface area contributed by atoms with E-state index in [2.05, 4.69) is 5.10 Å². The van der Waals surface area contributed by atoms with Crippen molar-refractivity contribution in [1.29, 1.82) is 0 Å². The molecule has 0 radical (unpaired) electrons. The molecular weight excluding hydrogens is 462 g/mol. The van der Waals surface area contributed by atoms with E-state index in [9.17, 15) is 26.3 Å². The number of rotatable bonds is 3. The van der Waals surface area contributed by atoms with E-state index < -0.39 is 23.6 Å². The fraction of sp³-hybridized carbons (Fsp3) is 0.0952. The van der Waals surface area contributed by atoms with Gasteiger partial charge in [-0.05, 0) is 52.9 Å². The molecule has 0 unspecified atom stereocenters. The average Bonchev–Trinajstić information content (AvgIpc) is 3.35. The molecule has 0 fully saturated rings. The summed E-state index contributed by atoms with van der Waals surface area (Å²) in [4.78, 5) is 0.398. The third-order valence-corrected chi connectivity index (χ3v) is 5.73. The van der Waals surface area contributed by atoms with Crippen LogP contribution in [0.5, 0.6) is 0 Å². The van der Waals surface area contributed by atoms with E-state index in [1.807, 2.05) is 0 Å². The summed E-state index contributed by atoms with van der Waals surface area (Å²) in [5, 5.41) is 5.47. The van der Waals surface area contributed by atoms with Gasteiger partial charge < -0.3 is 0 Å². The monoisotopic (exact) mass is 472 g/mol. The highest BCUT2D eigenvalue weighted by atomic mass is 35.5. The molecule has 10 heteroatoms. The molecule has 2 aromatic heterocycles. The van der Waals surface area contributed by atoms with Crippen molar-refractivity contribution in [2.75, 3.05) is 0 Å². The first-order valence-corrected chi connectivity index (χ1v) is 9.98. The number of aromatic nitrogens is 2. The number of hydrogen-bond acceptors (Lipinski definition) is 2. The van der Waals surface area contributed by atoms with Gasteiger partial charge in [-0.1, -0.05) is 35.9 Å². The van der Waals surface area contributed by atoms with Gasteiger partial charge in [-0.3, -0.25) is 0 Å². The smallest absolute Gasteiger partial charge is 0.230 e. The van der Waals surface area contributed by atoms with Crippen LogP contribution in [0, 0.1) is 0 Å². The predicted molar refractivity (Wildman–Crippen MR) is 107 cm³/mol. The lowest BCUT2D eigenvalue weighted by atomic mass is 10.1. The third-order valence-electron chi connectivity index (χ3n) is 4.46. The quantitative estimate of drug-likeness (QED) is 0.276. The molecule has 0 aliphatic heterocycles. The second-order valence-corrected chi connectivity index (χ2v) is 7.87. The summed E-state index contributed by atoms with van der Waals surface area (Å²) >= 11 is 7.25. The number of para-hydroxylation sites is 1. The molecule has 0 bridgehead atoms. The number of benzene rings is 2. The van der Waals surface area contributed by atoms with Gasteiger partial charge in [0.25, 0.3) is 0 Å². The maximum absolute atomic E-state index is 13.3. The van der Waals surface area contributed by atoms with Gasteiger partial charge in [0, 0.05) is 0 Å². The fourth-order valence-corrected chi connectivity index (χ4v) is 4.13. The van der Waals surface area contributed by atoms with Crippen LogP contribution >= 0.6 is 22.9 Å². The van der Waals surface area contributed by atoms with Gasteiger partial charge in [0.05, 0.1) is 26.8 Å². The Balaban J connectivity index is 1.82. The summed E-state index contributed by atoms with van der Waals surface area (Å²) in [7, 11) is 0. The van der Waals surface area contributed by atoms with Crippen LogP contribution in [0.25, 0.3) is 27.4 Å². The number of alkyl halides is 6. The van der Waals surface area contributed by atoms with E-state index in [1.54, 1.807) is 17.5 Å². The highest BCUT2D eigenvalue weighted by molar-refractivity contribution is 7.14. The van der Waals surface area contributed by atoms with Gasteiger partial charge in [-0.15, -0.1) is 11.3 Å². The van der Waals surface area contributed by atoms with Crippen molar-refractivity contribution in [3.05, 3.63) is 82.3 Å². The molecule has 0 aliphatic carbocycles. The van der Waals surface area contributed by atoms with Crippen LogP contribution in [0.2, 0.25) is 5.02 Å². The standard InChI is InChI=1S/C21H11ClF6N2S/c22-15-6-1-2-7-16(15)30-17(10-19(29-30)21(26,27)28)18-9-13(11-31-18)12-4-3-5-14(8-12)20(23,24)25/h1-11H. The minimum atomic E-state index is -4.68. The van der Waals surface area contributed by atoms with Crippen LogP contribution < -0.4 is 0 Å². The van der Waals surface area contributed by atoms with E-state index in [0.29, 0.717) is 16.0 Å². The topological polar surface area (TPSA) is 17.8 Å². The van der Waals surface area contributed by atoms with Crippen molar-refractivity contribution in [1.82, 2.24) is 9.78 Å². The van der Waals surface area contributed by atoms with Crippen molar-refractivity contribution in [3.63, 3.8) is 0 Å². The zero-order valence-corrected chi connectivity index (χ0v) is 16.9. The summed E-state index contributed by atoms with van der Waals surface area (Å²) in [6.45, 7) is 0. The fourth-order valence-electron chi connectivity index (χ4n) is 3.00. The molecule has 160 valence electrons. The molecule has 4 aromatic rings. The Morgan fingerprint density at radius 3 is 2.23 bits per heavy atom. The van der Waals surface area contributed by atoms with Gasteiger partial charge in [0.15, 0.2) is 5.69 Å². The molecular formula is C21H11ClF6N2S. The minimum absolute atomic E-state index is 0.128. The minimum Gasteiger partial charge on any atom is -0.230 e. The molecule has 0 saturated heterocycles. The van der Waals surface area contributed by atoms with Gasteiger partial charge in [0.2, 0.25) is 0 Å². The van der Waals surface area contributed by atoms with Crippen molar-refractivity contribution >= 4 is 22.9 Å². The third kappa shape index (κ3) is 4.33. The zero-order valence-electron chi connectivity index (χ0n) is 15.3. The van der Waals surface area contributed by atoms with Gasteiger partial charge in [-0.25, -0.2) is 4.68 Å². The van der Waals surface area contributed by atoms with Crippen LogP contribution in [-0.2, 0) is 12.4 Å². The molecule has 2 aromatic carbocycles. The van der Waals surface area contributed by atoms with E-state index >= 15 is 0 Å². The van der Waals surface area contributed by atoms with Gasteiger partial charge >= 0.3 is 12.4 Å². The Morgan fingerprint density at radius 2 is 1.55 bits per heavy atom. The Hall–Kier alpha value is -2.78. The SMILES string of the molecule is FC(F)(F)c1cccc(-c2csc(-c3cc(C(F)(F)F)nn3-c3ccccc3Cl)c2)c1. The van der Waals surface area contributed by atoms with Gasteiger partial charge in [0.1, 0.15) is 0 Å². The van der Waals surface area contributed by atoms with Crippen molar-refractivity contribution in [2.45, 2.75) is 12.4 Å². The van der Waals surface area contributed by atoms with Crippen molar-refractivity contribution < 1.29 is 26.3 Å². The summed E-state index contributed by atoms with van der Waals surface area (Å²) in [5.41, 5.74) is -0.772. The van der Waals surface area contributed by atoms with Crippen molar-refractivity contribution in [3.8, 4) is 27.4 Å². The Kier molecular flexibility index (Phi) is 5.35.